The number of hydrogen-bond donors (Lipinski definition) is 2. The second-order valence-corrected chi connectivity index (χ2v) is 7.98. The summed E-state index contributed by atoms with van der Waals surface area (Å²) in [6.45, 7) is 6.70. The van der Waals surface area contributed by atoms with Gasteiger partial charge in [-0.25, -0.2) is 0 Å². The molecule has 0 bridgehead atoms. The molecule has 24 heavy (non-hydrogen) atoms. The largest absolute Gasteiger partial charge is 0.394 e. The van der Waals surface area contributed by atoms with Crippen LogP contribution < -0.4 is 5.32 Å². The number of rotatable bonds is 10. The Labute approximate surface area is 146 Å². The van der Waals surface area contributed by atoms with E-state index in [0.29, 0.717) is 18.3 Å². The van der Waals surface area contributed by atoms with Gasteiger partial charge in [-0.3, -0.25) is 0 Å². The molecule has 0 amide bonds. The minimum absolute atomic E-state index is 0.0798. The molecule has 1 aromatic heterocycles. The normalized spacial score (nSPS) is 18.0. The summed E-state index contributed by atoms with van der Waals surface area (Å²) in [7, 11) is 0. The molecule has 0 spiro atoms. The average Bonchev–Trinajstić information content (AvgIpc) is 3.07. The highest BCUT2D eigenvalue weighted by Gasteiger charge is 2.21. The fourth-order valence-corrected chi connectivity index (χ4v) is 3.51. The van der Waals surface area contributed by atoms with Crippen LogP contribution in [0, 0.1) is 5.92 Å². The number of aromatic nitrogens is 2. The van der Waals surface area contributed by atoms with Gasteiger partial charge in [0.2, 0.25) is 5.89 Å². The molecular formula is C19H35N3O2. The molecule has 1 atom stereocenters. The lowest BCUT2D eigenvalue weighted by Crippen LogP contribution is -2.42. The molecule has 1 saturated carbocycles. The molecule has 2 rings (SSSR count). The first-order chi connectivity index (χ1) is 11.5. The average molecular weight is 338 g/mol. The van der Waals surface area contributed by atoms with Gasteiger partial charge in [0, 0.05) is 11.5 Å². The maximum Gasteiger partial charge on any atom is 0.229 e. The molecular weight excluding hydrogens is 302 g/mol. The van der Waals surface area contributed by atoms with Crippen molar-refractivity contribution in [1.82, 2.24) is 15.5 Å². The van der Waals surface area contributed by atoms with Crippen LogP contribution in [0.4, 0.5) is 0 Å². The Morgan fingerprint density at radius 2 is 2.04 bits per heavy atom. The van der Waals surface area contributed by atoms with Crippen molar-refractivity contribution < 1.29 is 9.63 Å². The summed E-state index contributed by atoms with van der Waals surface area (Å²) in [5.74, 6) is 2.78. The van der Waals surface area contributed by atoms with Crippen molar-refractivity contribution in [1.29, 1.82) is 0 Å². The van der Waals surface area contributed by atoms with Crippen molar-refractivity contribution in [2.45, 2.75) is 96.6 Å². The molecule has 5 heteroatoms. The van der Waals surface area contributed by atoms with E-state index in [1.807, 2.05) is 13.8 Å². The van der Waals surface area contributed by atoms with Gasteiger partial charge in [-0.1, -0.05) is 57.0 Å². The number of aliphatic hydroxyl groups is 1. The summed E-state index contributed by atoms with van der Waals surface area (Å²) in [5.41, 5.74) is -0.328. The molecule has 0 aliphatic heterocycles. The Bertz CT molecular complexity index is 467. The van der Waals surface area contributed by atoms with Crippen LogP contribution in [0.2, 0.25) is 0 Å². The van der Waals surface area contributed by atoms with Crippen LogP contribution >= 0.6 is 0 Å². The molecule has 0 saturated heterocycles. The van der Waals surface area contributed by atoms with Crippen LogP contribution in [-0.2, 0) is 6.54 Å². The second-order valence-electron chi connectivity index (χ2n) is 7.98. The van der Waals surface area contributed by atoms with Crippen LogP contribution in [0.3, 0.4) is 0 Å². The minimum Gasteiger partial charge on any atom is -0.394 e. The van der Waals surface area contributed by atoms with Gasteiger partial charge in [0.1, 0.15) is 0 Å². The predicted molar refractivity (Wildman–Crippen MR) is 95.8 cm³/mol. The van der Waals surface area contributed by atoms with E-state index in [-0.39, 0.29) is 12.1 Å². The van der Waals surface area contributed by atoms with E-state index in [4.69, 9.17) is 4.52 Å². The summed E-state index contributed by atoms with van der Waals surface area (Å²) in [6.07, 6.45) is 11.9. The first kappa shape index (κ1) is 19.4. The molecule has 1 aliphatic carbocycles. The van der Waals surface area contributed by atoms with E-state index in [1.165, 1.54) is 44.9 Å². The van der Waals surface area contributed by atoms with Crippen LogP contribution in [0.25, 0.3) is 0 Å². The molecule has 138 valence electrons. The van der Waals surface area contributed by atoms with E-state index in [9.17, 15) is 5.11 Å². The molecule has 5 nitrogen and oxygen atoms in total. The highest BCUT2D eigenvalue weighted by molar-refractivity contribution is 4.94. The predicted octanol–water partition coefficient (Wildman–Crippen LogP) is 4.17. The molecule has 1 aliphatic rings. The van der Waals surface area contributed by atoms with E-state index >= 15 is 0 Å². The first-order valence-electron chi connectivity index (χ1n) is 9.72. The van der Waals surface area contributed by atoms with Gasteiger partial charge in [0.15, 0.2) is 5.82 Å². The standard InChI is InChI=1S/C19H35N3O2/c1-4-16(12-8-11-15-9-6-5-7-10-15)18-21-17(22-24-18)13-20-19(2,3)14-23/h15-16,20,23H,4-14H2,1-3H3/t16-/m1/s1. The Kier molecular flexibility index (Phi) is 7.69. The lowest BCUT2D eigenvalue weighted by Gasteiger charge is -2.22. The van der Waals surface area contributed by atoms with E-state index in [0.717, 1.165) is 24.7 Å². The lowest BCUT2D eigenvalue weighted by atomic mass is 9.84. The smallest absolute Gasteiger partial charge is 0.229 e. The molecule has 1 aromatic rings. The third-order valence-corrected chi connectivity index (χ3v) is 5.34. The molecule has 1 heterocycles. The highest BCUT2D eigenvalue weighted by atomic mass is 16.5. The van der Waals surface area contributed by atoms with Gasteiger partial charge in [-0.05, 0) is 32.6 Å². The van der Waals surface area contributed by atoms with E-state index in [2.05, 4.69) is 22.4 Å². The van der Waals surface area contributed by atoms with Gasteiger partial charge in [0.05, 0.1) is 13.2 Å². The Hall–Kier alpha value is -0.940. The Balaban J connectivity index is 1.77. The van der Waals surface area contributed by atoms with Gasteiger partial charge in [0.25, 0.3) is 0 Å². The monoisotopic (exact) mass is 337 g/mol. The van der Waals surface area contributed by atoms with Crippen molar-refractivity contribution in [3.8, 4) is 0 Å². The van der Waals surface area contributed by atoms with Gasteiger partial charge >= 0.3 is 0 Å². The maximum absolute atomic E-state index is 9.28. The van der Waals surface area contributed by atoms with Crippen molar-refractivity contribution in [2.75, 3.05) is 6.61 Å². The topological polar surface area (TPSA) is 71.2 Å². The van der Waals surface area contributed by atoms with Gasteiger partial charge in [-0.15, -0.1) is 0 Å². The van der Waals surface area contributed by atoms with Gasteiger partial charge < -0.3 is 14.9 Å². The zero-order valence-corrected chi connectivity index (χ0v) is 15.7. The zero-order chi connectivity index (χ0) is 17.4. The number of aliphatic hydroxyl groups excluding tert-OH is 1. The van der Waals surface area contributed by atoms with E-state index < -0.39 is 0 Å². The second kappa shape index (κ2) is 9.52. The first-order valence-corrected chi connectivity index (χ1v) is 9.72. The quantitative estimate of drug-likeness (QED) is 0.670. The fraction of sp³-hybridized carbons (Fsp3) is 0.895. The van der Waals surface area contributed by atoms with Crippen LogP contribution in [0.1, 0.15) is 96.2 Å². The minimum atomic E-state index is -0.328. The van der Waals surface area contributed by atoms with Crippen LogP contribution in [-0.4, -0.2) is 27.4 Å². The Morgan fingerprint density at radius 1 is 1.29 bits per heavy atom. The highest BCUT2D eigenvalue weighted by Crippen LogP contribution is 2.30. The summed E-state index contributed by atoms with van der Waals surface area (Å²) in [5, 5.41) is 16.6. The van der Waals surface area contributed by atoms with Crippen molar-refractivity contribution in [3.05, 3.63) is 11.7 Å². The number of nitrogens with one attached hydrogen (secondary N) is 1. The molecule has 2 N–H and O–H groups in total. The van der Waals surface area contributed by atoms with Crippen molar-refractivity contribution in [2.24, 2.45) is 5.92 Å². The molecule has 0 unspecified atom stereocenters. The lowest BCUT2D eigenvalue weighted by molar-refractivity contribution is 0.186. The summed E-state index contributed by atoms with van der Waals surface area (Å²) in [6, 6.07) is 0. The van der Waals surface area contributed by atoms with Crippen LogP contribution in [0.5, 0.6) is 0 Å². The molecule has 1 fully saturated rings. The van der Waals surface area contributed by atoms with Crippen molar-refractivity contribution >= 4 is 0 Å². The van der Waals surface area contributed by atoms with Crippen LogP contribution in [0.15, 0.2) is 4.52 Å². The summed E-state index contributed by atoms with van der Waals surface area (Å²) in [4.78, 5) is 4.56. The third kappa shape index (κ3) is 6.17. The van der Waals surface area contributed by atoms with E-state index in [1.54, 1.807) is 0 Å². The fourth-order valence-electron chi connectivity index (χ4n) is 3.51. The SMILES string of the molecule is CC[C@H](CCCC1CCCCC1)c1nc(CNC(C)(C)CO)no1. The zero-order valence-electron chi connectivity index (χ0n) is 15.7. The third-order valence-electron chi connectivity index (χ3n) is 5.34. The molecule has 0 radical (unpaired) electrons. The maximum atomic E-state index is 9.28. The number of hydrogen-bond acceptors (Lipinski definition) is 5. The summed E-state index contributed by atoms with van der Waals surface area (Å²) < 4.78 is 5.50. The Morgan fingerprint density at radius 3 is 2.71 bits per heavy atom. The number of nitrogens with zero attached hydrogens (tertiary/aromatic N) is 2. The molecule has 0 aromatic carbocycles. The summed E-state index contributed by atoms with van der Waals surface area (Å²) >= 11 is 0. The van der Waals surface area contributed by atoms with Crippen molar-refractivity contribution in [3.63, 3.8) is 0 Å². The van der Waals surface area contributed by atoms with Gasteiger partial charge in [-0.2, -0.15) is 4.98 Å².